The van der Waals surface area contributed by atoms with Crippen LogP contribution < -0.4 is 5.73 Å². The number of carbonyl (C=O) groups excluding carboxylic acids is 1. The van der Waals surface area contributed by atoms with Crippen molar-refractivity contribution >= 4 is 17.2 Å². The Morgan fingerprint density at radius 2 is 2.33 bits per heavy atom. The average molecular weight is 267 g/mol. The Hall–Kier alpha value is -0.940. The van der Waals surface area contributed by atoms with E-state index >= 15 is 0 Å². The third-order valence-corrected chi connectivity index (χ3v) is 4.42. The van der Waals surface area contributed by atoms with Gasteiger partial charge in [-0.2, -0.15) is 0 Å². The van der Waals surface area contributed by atoms with Gasteiger partial charge in [-0.1, -0.05) is 6.92 Å². The van der Waals surface area contributed by atoms with Crippen LogP contribution in [0.5, 0.6) is 0 Å². The van der Waals surface area contributed by atoms with Gasteiger partial charge >= 0.3 is 0 Å². The lowest BCUT2D eigenvalue weighted by Crippen LogP contribution is -2.45. The molecule has 2 rings (SSSR count). The van der Waals surface area contributed by atoms with E-state index in [1.807, 2.05) is 10.3 Å². The Balaban J connectivity index is 2.09. The molecule has 1 aliphatic heterocycles. The third kappa shape index (κ3) is 2.90. The summed E-state index contributed by atoms with van der Waals surface area (Å²) in [6.07, 6.45) is 3.05. The zero-order valence-corrected chi connectivity index (χ0v) is 11.9. The number of thiazole rings is 1. The van der Waals surface area contributed by atoms with E-state index in [1.54, 1.807) is 0 Å². The van der Waals surface area contributed by atoms with Gasteiger partial charge in [0.2, 0.25) is 0 Å². The van der Waals surface area contributed by atoms with Crippen LogP contribution in [0.1, 0.15) is 42.2 Å². The molecule has 2 N–H and O–H groups in total. The Bertz CT molecular complexity index is 418. The Kier molecular flexibility index (Phi) is 4.35. The number of amides is 1. The zero-order chi connectivity index (χ0) is 13.1. The second-order valence-corrected chi connectivity index (χ2v) is 6.10. The van der Waals surface area contributed by atoms with Gasteiger partial charge in [0.25, 0.3) is 5.91 Å². The van der Waals surface area contributed by atoms with Gasteiger partial charge in [-0.15, -0.1) is 11.3 Å². The van der Waals surface area contributed by atoms with Crippen LogP contribution in [0.4, 0.5) is 0 Å². The van der Waals surface area contributed by atoms with Crippen molar-refractivity contribution in [3.05, 3.63) is 16.1 Å². The molecule has 1 saturated heterocycles. The van der Waals surface area contributed by atoms with Crippen molar-refractivity contribution in [3.63, 3.8) is 0 Å². The lowest BCUT2D eigenvalue weighted by atomic mass is 9.95. The number of rotatable bonds is 3. The van der Waals surface area contributed by atoms with E-state index in [0.717, 1.165) is 24.4 Å². The van der Waals surface area contributed by atoms with Crippen LogP contribution >= 0.6 is 11.3 Å². The van der Waals surface area contributed by atoms with Crippen LogP contribution in [0.2, 0.25) is 0 Å². The maximum atomic E-state index is 12.4. The van der Waals surface area contributed by atoms with Gasteiger partial charge in [0.05, 0.1) is 5.01 Å². The highest BCUT2D eigenvalue weighted by atomic mass is 32.1. The Morgan fingerprint density at radius 1 is 1.56 bits per heavy atom. The zero-order valence-electron chi connectivity index (χ0n) is 11.1. The fraction of sp³-hybridized carbons (Fsp3) is 0.692. The van der Waals surface area contributed by atoms with Gasteiger partial charge in [-0.25, -0.2) is 4.98 Å². The van der Waals surface area contributed by atoms with E-state index in [-0.39, 0.29) is 5.91 Å². The van der Waals surface area contributed by atoms with E-state index in [4.69, 9.17) is 5.73 Å². The normalized spacial score (nSPS) is 24.3. The predicted molar refractivity (Wildman–Crippen MR) is 73.8 cm³/mol. The first-order valence-electron chi connectivity index (χ1n) is 6.57. The Labute approximate surface area is 112 Å². The molecule has 1 aliphatic rings. The van der Waals surface area contributed by atoms with E-state index in [9.17, 15) is 4.79 Å². The summed E-state index contributed by atoms with van der Waals surface area (Å²) < 4.78 is 0. The van der Waals surface area contributed by atoms with Crippen molar-refractivity contribution in [2.24, 2.45) is 11.7 Å². The van der Waals surface area contributed by atoms with E-state index in [0.29, 0.717) is 24.2 Å². The van der Waals surface area contributed by atoms with Crippen LogP contribution in [0.25, 0.3) is 0 Å². The second kappa shape index (κ2) is 5.80. The van der Waals surface area contributed by atoms with Gasteiger partial charge in [-0.05, 0) is 32.2 Å². The third-order valence-electron chi connectivity index (χ3n) is 3.51. The fourth-order valence-corrected chi connectivity index (χ4v) is 3.15. The molecular formula is C13H21N3OS. The van der Waals surface area contributed by atoms with Gasteiger partial charge in [0, 0.05) is 24.4 Å². The topological polar surface area (TPSA) is 59.2 Å². The van der Waals surface area contributed by atoms with Crippen LogP contribution in [0.15, 0.2) is 5.38 Å². The quantitative estimate of drug-likeness (QED) is 0.910. The summed E-state index contributed by atoms with van der Waals surface area (Å²) in [6, 6.07) is 0.327. The number of likely N-dealkylation sites (tertiary alicyclic amines) is 1. The molecule has 0 aromatic carbocycles. The van der Waals surface area contributed by atoms with E-state index in [1.165, 1.54) is 17.8 Å². The summed E-state index contributed by atoms with van der Waals surface area (Å²) in [4.78, 5) is 18.8. The molecule has 100 valence electrons. The molecule has 0 spiro atoms. The molecule has 1 fully saturated rings. The minimum absolute atomic E-state index is 0.0774. The minimum Gasteiger partial charge on any atom is -0.334 e. The number of nitrogens with two attached hydrogens (primary N) is 1. The number of hydrogen-bond donors (Lipinski definition) is 1. The molecule has 0 saturated carbocycles. The number of aromatic nitrogens is 1. The maximum absolute atomic E-state index is 12.4. The largest absolute Gasteiger partial charge is 0.334 e. The highest BCUT2D eigenvalue weighted by molar-refractivity contribution is 7.09. The molecular weight excluding hydrogens is 246 g/mol. The standard InChI is InChI=1S/C13H21N3OS/c1-9-3-4-10(2)16(7-9)13(17)11-8-18-12(15-11)5-6-14/h8-10H,3-7,14H2,1-2H3/t9-,10+/m1/s1. The highest BCUT2D eigenvalue weighted by Crippen LogP contribution is 2.23. The van der Waals surface area contributed by atoms with Crippen molar-refractivity contribution in [2.45, 2.75) is 39.2 Å². The SMILES string of the molecule is C[C@@H]1CC[C@H](C)N(C(=O)c2csc(CCN)n2)C1. The van der Waals surface area contributed by atoms with E-state index < -0.39 is 0 Å². The first kappa shape index (κ1) is 13.5. The summed E-state index contributed by atoms with van der Waals surface area (Å²) >= 11 is 1.53. The number of hydrogen-bond acceptors (Lipinski definition) is 4. The van der Waals surface area contributed by atoms with Crippen LogP contribution in [0.3, 0.4) is 0 Å². The number of nitrogens with zero attached hydrogens (tertiary/aromatic N) is 2. The van der Waals surface area contributed by atoms with Crippen molar-refractivity contribution in [1.29, 1.82) is 0 Å². The summed E-state index contributed by atoms with van der Waals surface area (Å²) in [5, 5.41) is 2.82. The van der Waals surface area contributed by atoms with Crippen molar-refractivity contribution < 1.29 is 4.79 Å². The maximum Gasteiger partial charge on any atom is 0.273 e. The van der Waals surface area contributed by atoms with Crippen molar-refractivity contribution in [1.82, 2.24) is 9.88 Å². The molecule has 0 aliphatic carbocycles. The monoisotopic (exact) mass is 267 g/mol. The molecule has 0 bridgehead atoms. The smallest absolute Gasteiger partial charge is 0.273 e. The Morgan fingerprint density at radius 3 is 3.06 bits per heavy atom. The molecule has 1 aromatic heterocycles. The van der Waals surface area contributed by atoms with Gasteiger partial charge in [0.15, 0.2) is 0 Å². The molecule has 5 heteroatoms. The first-order chi connectivity index (χ1) is 8.61. The molecule has 1 amide bonds. The van der Waals surface area contributed by atoms with Crippen LogP contribution in [0, 0.1) is 5.92 Å². The lowest BCUT2D eigenvalue weighted by Gasteiger charge is -2.36. The molecule has 0 unspecified atom stereocenters. The minimum atomic E-state index is 0.0774. The molecule has 0 radical (unpaired) electrons. The number of piperidine rings is 1. The number of carbonyl (C=O) groups is 1. The summed E-state index contributed by atoms with van der Waals surface area (Å²) in [6.45, 7) is 5.76. The summed E-state index contributed by atoms with van der Waals surface area (Å²) in [5.41, 5.74) is 6.09. The second-order valence-electron chi connectivity index (χ2n) is 5.15. The van der Waals surface area contributed by atoms with Gasteiger partial charge < -0.3 is 10.6 Å². The van der Waals surface area contributed by atoms with Crippen molar-refractivity contribution in [3.8, 4) is 0 Å². The molecule has 4 nitrogen and oxygen atoms in total. The van der Waals surface area contributed by atoms with Gasteiger partial charge in [-0.3, -0.25) is 4.79 Å². The summed E-state index contributed by atoms with van der Waals surface area (Å²) in [5.74, 6) is 0.667. The molecule has 1 aromatic rings. The summed E-state index contributed by atoms with van der Waals surface area (Å²) in [7, 11) is 0. The van der Waals surface area contributed by atoms with Gasteiger partial charge in [0.1, 0.15) is 5.69 Å². The lowest BCUT2D eigenvalue weighted by molar-refractivity contribution is 0.0568. The molecule has 2 atom stereocenters. The molecule has 2 heterocycles. The highest BCUT2D eigenvalue weighted by Gasteiger charge is 2.28. The first-order valence-corrected chi connectivity index (χ1v) is 7.45. The van der Waals surface area contributed by atoms with Crippen LogP contribution in [-0.2, 0) is 6.42 Å². The fourth-order valence-electron chi connectivity index (χ4n) is 2.37. The predicted octanol–water partition coefficient (Wildman–Crippen LogP) is 1.90. The van der Waals surface area contributed by atoms with Crippen LogP contribution in [-0.4, -0.2) is 34.9 Å². The van der Waals surface area contributed by atoms with Crippen molar-refractivity contribution in [2.75, 3.05) is 13.1 Å². The van der Waals surface area contributed by atoms with E-state index in [2.05, 4.69) is 18.8 Å². The molecule has 18 heavy (non-hydrogen) atoms. The average Bonchev–Trinajstić information content (AvgIpc) is 2.80.